The second kappa shape index (κ2) is 6.88. The van der Waals surface area contributed by atoms with Crippen LogP contribution in [0.4, 0.5) is 0 Å². The van der Waals surface area contributed by atoms with Gasteiger partial charge in [-0.1, -0.05) is 0 Å². The third-order valence-electron chi connectivity index (χ3n) is 4.73. The summed E-state index contributed by atoms with van der Waals surface area (Å²) in [6.45, 7) is 8.30. The van der Waals surface area contributed by atoms with E-state index in [0.717, 1.165) is 18.8 Å². The van der Waals surface area contributed by atoms with Crippen molar-refractivity contribution in [1.29, 1.82) is 0 Å². The van der Waals surface area contributed by atoms with Crippen LogP contribution in [0.3, 0.4) is 0 Å². The zero-order chi connectivity index (χ0) is 13.0. The highest BCUT2D eigenvalue weighted by Crippen LogP contribution is 2.26. The lowest BCUT2D eigenvalue weighted by atomic mass is 9.89. The Morgan fingerprint density at radius 1 is 1.06 bits per heavy atom. The summed E-state index contributed by atoms with van der Waals surface area (Å²) in [5, 5.41) is 13.1. The topological polar surface area (TPSA) is 35.5 Å². The number of aliphatic hydroxyl groups excluding tert-OH is 1. The average molecular weight is 254 g/mol. The lowest BCUT2D eigenvalue weighted by Gasteiger charge is -2.41. The Morgan fingerprint density at radius 2 is 1.67 bits per heavy atom. The number of aliphatic hydroxyl groups is 1. The molecular formula is C15H30N2O. The maximum atomic E-state index is 9.64. The summed E-state index contributed by atoms with van der Waals surface area (Å²) in [5.74, 6) is 0.875. The van der Waals surface area contributed by atoms with Crippen molar-refractivity contribution in [3.63, 3.8) is 0 Å². The van der Waals surface area contributed by atoms with Crippen molar-refractivity contribution in [3.05, 3.63) is 0 Å². The maximum Gasteiger partial charge on any atom is 0.0541 e. The summed E-state index contributed by atoms with van der Waals surface area (Å²) in [6, 6.07) is 1.35. The lowest BCUT2D eigenvalue weighted by molar-refractivity contribution is 0.0470. The quantitative estimate of drug-likeness (QED) is 0.805. The van der Waals surface area contributed by atoms with Crippen LogP contribution < -0.4 is 5.32 Å². The third kappa shape index (κ3) is 3.94. The first kappa shape index (κ1) is 14.3. The monoisotopic (exact) mass is 254 g/mol. The van der Waals surface area contributed by atoms with Crippen molar-refractivity contribution in [3.8, 4) is 0 Å². The molecule has 2 N–H and O–H groups in total. The van der Waals surface area contributed by atoms with Gasteiger partial charge in [0.05, 0.1) is 6.10 Å². The first-order chi connectivity index (χ1) is 8.66. The Hall–Kier alpha value is -0.120. The van der Waals surface area contributed by atoms with Crippen LogP contribution in [0.5, 0.6) is 0 Å². The van der Waals surface area contributed by atoms with Crippen LogP contribution in [0, 0.1) is 5.92 Å². The fourth-order valence-corrected chi connectivity index (χ4v) is 3.53. The van der Waals surface area contributed by atoms with Crippen LogP contribution in [0.1, 0.15) is 52.4 Å². The Balaban J connectivity index is 1.86. The van der Waals surface area contributed by atoms with Crippen molar-refractivity contribution in [1.82, 2.24) is 10.2 Å². The van der Waals surface area contributed by atoms with Crippen LogP contribution in [-0.2, 0) is 0 Å². The van der Waals surface area contributed by atoms with Gasteiger partial charge in [-0.15, -0.1) is 0 Å². The van der Waals surface area contributed by atoms with E-state index in [1.165, 1.54) is 45.3 Å². The molecule has 3 heteroatoms. The van der Waals surface area contributed by atoms with Crippen molar-refractivity contribution in [2.75, 3.05) is 19.6 Å². The van der Waals surface area contributed by atoms with Gasteiger partial charge in [0, 0.05) is 18.6 Å². The molecule has 1 heterocycles. The number of hydrogen-bond donors (Lipinski definition) is 2. The van der Waals surface area contributed by atoms with Crippen molar-refractivity contribution >= 4 is 0 Å². The van der Waals surface area contributed by atoms with Crippen LogP contribution in [0.25, 0.3) is 0 Å². The molecule has 1 aliphatic carbocycles. The summed E-state index contributed by atoms with van der Waals surface area (Å²) < 4.78 is 0. The summed E-state index contributed by atoms with van der Waals surface area (Å²) in [6.07, 6.45) is 7.00. The van der Waals surface area contributed by atoms with E-state index in [1.807, 2.05) is 0 Å². The summed E-state index contributed by atoms with van der Waals surface area (Å²) in [4.78, 5) is 2.71. The molecule has 18 heavy (non-hydrogen) atoms. The molecule has 0 bridgehead atoms. The molecule has 1 saturated heterocycles. The van der Waals surface area contributed by atoms with Gasteiger partial charge < -0.3 is 10.4 Å². The van der Waals surface area contributed by atoms with Crippen molar-refractivity contribution < 1.29 is 5.11 Å². The number of nitrogens with zero attached hydrogens (tertiary/aromatic N) is 1. The van der Waals surface area contributed by atoms with Crippen molar-refractivity contribution in [2.24, 2.45) is 5.92 Å². The van der Waals surface area contributed by atoms with Gasteiger partial charge in [-0.05, 0) is 71.4 Å². The van der Waals surface area contributed by atoms with E-state index in [1.54, 1.807) is 0 Å². The van der Waals surface area contributed by atoms with E-state index < -0.39 is 0 Å². The van der Waals surface area contributed by atoms with E-state index in [9.17, 15) is 5.11 Å². The summed E-state index contributed by atoms with van der Waals surface area (Å²) in [5.41, 5.74) is 0. The predicted molar refractivity (Wildman–Crippen MR) is 75.7 cm³/mol. The lowest BCUT2D eigenvalue weighted by Crippen LogP contribution is -2.47. The predicted octanol–water partition coefficient (Wildman–Crippen LogP) is 2.00. The molecule has 0 radical (unpaired) electrons. The smallest absolute Gasteiger partial charge is 0.0541 e. The zero-order valence-electron chi connectivity index (χ0n) is 12.1. The first-order valence-corrected chi connectivity index (χ1v) is 7.81. The van der Waals surface area contributed by atoms with Gasteiger partial charge in [-0.25, -0.2) is 0 Å². The molecule has 2 rings (SSSR count). The molecule has 1 saturated carbocycles. The SMILES string of the molecule is CC(C)N(CC1CCNCC1)[C@H]1CC[C@H](O)CC1. The van der Waals surface area contributed by atoms with E-state index in [0.29, 0.717) is 12.1 Å². The van der Waals surface area contributed by atoms with Crippen LogP contribution in [0.2, 0.25) is 0 Å². The highest BCUT2D eigenvalue weighted by molar-refractivity contribution is 4.83. The molecule has 106 valence electrons. The van der Waals surface area contributed by atoms with Crippen LogP contribution in [-0.4, -0.2) is 47.8 Å². The number of rotatable bonds is 4. The number of hydrogen-bond acceptors (Lipinski definition) is 3. The summed E-state index contributed by atoms with van der Waals surface area (Å²) in [7, 11) is 0. The van der Waals surface area contributed by atoms with Gasteiger partial charge >= 0.3 is 0 Å². The molecule has 0 atom stereocenters. The fraction of sp³-hybridized carbons (Fsp3) is 1.00. The minimum absolute atomic E-state index is 0.0332. The molecular weight excluding hydrogens is 224 g/mol. The average Bonchev–Trinajstić information content (AvgIpc) is 2.38. The Kier molecular flexibility index (Phi) is 5.46. The Bertz CT molecular complexity index is 231. The minimum Gasteiger partial charge on any atom is -0.393 e. The van der Waals surface area contributed by atoms with E-state index in [2.05, 4.69) is 24.1 Å². The molecule has 0 aromatic heterocycles. The van der Waals surface area contributed by atoms with Gasteiger partial charge in [0.15, 0.2) is 0 Å². The molecule has 2 aliphatic rings. The third-order valence-corrected chi connectivity index (χ3v) is 4.73. The summed E-state index contributed by atoms with van der Waals surface area (Å²) >= 11 is 0. The van der Waals surface area contributed by atoms with Gasteiger partial charge in [0.25, 0.3) is 0 Å². The van der Waals surface area contributed by atoms with Crippen molar-refractivity contribution in [2.45, 2.75) is 70.6 Å². The van der Waals surface area contributed by atoms with Crippen LogP contribution >= 0.6 is 0 Å². The first-order valence-electron chi connectivity index (χ1n) is 7.81. The Morgan fingerprint density at radius 3 is 2.22 bits per heavy atom. The highest BCUT2D eigenvalue weighted by Gasteiger charge is 2.28. The second-order valence-corrected chi connectivity index (χ2v) is 6.45. The second-order valence-electron chi connectivity index (χ2n) is 6.45. The van der Waals surface area contributed by atoms with Gasteiger partial charge in [0.2, 0.25) is 0 Å². The Labute approximate surface area is 112 Å². The minimum atomic E-state index is -0.0332. The maximum absolute atomic E-state index is 9.64. The van der Waals surface area contributed by atoms with Gasteiger partial charge in [-0.3, -0.25) is 4.90 Å². The fourth-order valence-electron chi connectivity index (χ4n) is 3.53. The normalized spacial score (nSPS) is 31.2. The molecule has 3 nitrogen and oxygen atoms in total. The molecule has 0 amide bonds. The number of piperidine rings is 1. The number of nitrogens with one attached hydrogen (secondary N) is 1. The molecule has 0 aromatic carbocycles. The largest absolute Gasteiger partial charge is 0.393 e. The molecule has 2 fully saturated rings. The zero-order valence-corrected chi connectivity index (χ0v) is 12.1. The molecule has 0 unspecified atom stereocenters. The van der Waals surface area contributed by atoms with Crippen LogP contribution in [0.15, 0.2) is 0 Å². The van der Waals surface area contributed by atoms with E-state index in [4.69, 9.17) is 0 Å². The van der Waals surface area contributed by atoms with Gasteiger partial charge in [0.1, 0.15) is 0 Å². The molecule has 0 spiro atoms. The van der Waals surface area contributed by atoms with E-state index in [-0.39, 0.29) is 6.10 Å². The molecule has 1 aliphatic heterocycles. The highest BCUT2D eigenvalue weighted by atomic mass is 16.3. The standard InChI is InChI=1S/C15H30N2O/c1-12(2)17(11-13-7-9-16-10-8-13)14-3-5-15(18)6-4-14/h12-16,18H,3-11H2,1-2H3/t14-,15-. The van der Waals surface area contributed by atoms with Gasteiger partial charge in [-0.2, -0.15) is 0 Å². The van der Waals surface area contributed by atoms with E-state index >= 15 is 0 Å². The molecule has 0 aromatic rings.